The van der Waals surface area contributed by atoms with Crippen LogP contribution in [0.3, 0.4) is 0 Å². The summed E-state index contributed by atoms with van der Waals surface area (Å²) < 4.78 is 2.08. The Morgan fingerprint density at radius 3 is 2.95 bits per heavy atom. The fourth-order valence-corrected chi connectivity index (χ4v) is 2.95. The maximum atomic E-state index is 11.0. The van der Waals surface area contributed by atoms with Gasteiger partial charge in [-0.25, -0.2) is 4.79 Å². The fraction of sp³-hybridized carbons (Fsp3) is 0.357. The summed E-state index contributed by atoms with van der Waals surface area (Å²) in [4.78, 5) is 12.5. The molecule has 1 aromatic carbocycles. The number of hydrogen-bond donors (Lipinski definition) is 2. The molecular formula is C14H17N3O2. The third kappa shape index (κ3) is 1.91. The average Bonchev–Trinajstić information content (AvgIpc) is 2.94. The summed E-state index contributed by atoms with van der Waals surface area (Å²) in [7, 11) is 2.01. The Bertz CT molecular complexity index is 647. The second-order valence-corrected chi connectivity index (χ2v) is 5.19. The zero-order valence-corrected chi connectivity index (χ0v) is 10.8. The van der Waals surface area contributed by atoms with Gasteiger partial charge in [-0.05, 0) is 30.2 Å². The Labute approximate surface area is 111 Å². The smallest absolute Gasteiger partial charge is 0.407 e. The van der Waals surface area contributed by atoms with Crippen LogP contribution in [-0.4, -0.2) is 33.8 Å². The van der Waals surface area contributed by atoms with Gasteiger partial charge in [-0.3, -0.25) is 0 Å². The lowest BCUT2D eigenvalue weighted by molar-refractivity contribution is 0.155. The van der Waals surface area contributed by atoms with Crippen molar-refractivity contribution in [2.45, 2.75) is 12.3 Å². The van der Waals surface area contributed by atoms with Crippen molar-refractivity contribution in [3.63, 3.8) is 0 Å². The van der Waals surface area contributed by atoms with Crippen LogP contribution in [-0.2, 0) is 7.05 Å². The number of nitrogen functional groups attached to an aromatic ring is 1. The van der Waals surface area contributed by atoms with Crippen molar-refractivity contribution < 1.29 is 9.90 Å². The van der Waals surface area contributed by atoms with E-state index in [1.165, 1.54) is 10.5 Å². The van der Waals surface area contributed by atoms with Crippen LogP contribution in [0.25, 0.3) is 10.9 Å². The molecule has 5 heteroatoms. The molecule has 1 aromatic heterocycles. The summed E-state index contributed by atoms with van der Waals surface area (Å²) >= 11 is 0. The lowest BCUT2D eigenvalue weighted by Crippen LogP contribution is -2.26. The van der Waals surface area contributed by atoms with E-state index < -0.39 is 6.09 Å². The van der Waals surface area contributed by atoms with E-state index >= 15 is 0 Å². The molecule has 2 heterocycles. The monoisotopic (exact) mass is 259 g/mol. The molecule has 1 atom stereocenters. The van der Waals surface area contributed by atoms with Gasteiger partial charge in [0, 0.05) is 48.8 Å². The minimum atomic E-state index is -0.831. The Balaban J connectivity index is 2.02. The molecule has 3 N–H and O–H groups in total. The van der Waals surface area contributed by atoms with Crippen LogP contribution in [0.1, 0.15) is 17.9 Å². The van der Waals surface area contributed by atoms with Crippen molar-refractivity contribution in [2.75, 3.05) is 18.8 Å². The first kappa shape index (κ1) is 11.9. The number of benzene rings is 1. The minimum absolute atomic E-state index is 0.265. The second kappa shape index (κ2) is 4.19. The molecule has 1 amide bonds. The first-order valence-electron chi connectivity index (χ1n) is 6.38. The molecule has 1 unspecified atom stereocenters. The highest BCUT2D eigenvalue weighted by Gasteiger charge is 2.28. The lowest BCUT2D eigenvalue weighted by Gasteiger charge is -2.11. The maximum Gasteiger partial charge on any atom is 0.407 e. The molecule has 2 aromatic rings. The summed E-state index contributed by atoms with van der Waals surface area (Å²) in [6, 6.07) is 5.89. The van der Waals surface area contributed by atoms with Gasteiger partial charge in [0.05, 0.1) is 0 Å². The fourth-order valence-electron chi connectivity index (χ4n) is 2.95. The van der Waals surface area contributed by atoms with Crippen molar-refractivity contribution in [3.8, 4) is 0 Å². The number of carboxylic acid groups (broad SMARTS) is 1. The lowest BCUT2D eigenvalue weighted by atomic mass is 9.98. The SMILES string of the molecule is Cn1cc(C2CCN(C(=O)O)C2)c2cc(N)ccc21. The quantitative estimate of drug-likeness (QED) is 0.771. The number of nitrogens with zero attached hydrogens (tertiary/aromatic N) is 2. The van der Waals surface area contributed by atoms with Crippen molar-refractivity contribution >= 4 is 22.7 Å². The summed E-state index contributed by atoms with van der Waals surface area (Å²) in [5.41, 5.74) is 8.95. The van der Waals surface area contributed by atoms with E-state index in [0.717, 1.165) is 23.0 Å². The predicted octanol–water partition coefficient (Wildman–Crippen LogP) is 2.23. The van der Waals surface area contributed by atoms with Crippen LogP contribution in [0.2, 0.25) is 0 Å². The number of aryl methyl sites for hydroxylation is 1. The third-order valence-electron chi connectivity index (χ3n) is 3.94. The Hall–Kier alpha value is -2.17. The van der Waals surface area contributed by atoms with Crippen molar-refractivity contribution in [3.05, 3.63) is 30.0 Å². The number of anilines is 1. The van der Waals surface area contributed by atoms with Gasteiger partial charge in [-0.2, -0.15) is 0 Å². The zero-order chi connectivity index (χ0) is 13.6. The Morgan fingerprint density at radius 2 is 2.26 bits per heavy atom. The van der Waals surface area contributed by atoms with Gasteiger partial charge < -0.3 is 20.3 Å². The molecule has 1 fully saturated rings. The molecular weight excluding hydrogens is 242 g/mol. The molecule has 0 aliphatic carbocycles. The Kier molecular flexibility index (Phi) is 2.62. The van der Waals surface area contributed by atoms with E-state index in [2.05, 4.69) is 10.8 Å². The van der Waals surface area contributed by atoms with Crippen LogP contribution in [0.4, 0.5) is 10.5 Å². The van der Waals surface area contributed by atoms with Gasteiger partial charge >= 0.3 is 6.09 Å². The molecule has 100 valence electrons. The third-order valence-corrected chi connectivity index (χ3v) is 3.94. The van der Waals surface area contributed by atoms with Gasteiger partial charge in [-0.15, -0.1) is 0 Å². The molecule has 19 heavy (non-hydrogen) atoms. The predicted molar refractivity (Wildman–Crippen MR) is 74.3 cm³/mol. The van der Waals surface area contributed by atoms with Gasteiger partial charge in [0.2, 0.25) is 0 Å². The van der Waals surface area contributed by atoms with Gasteiger partial charge in [0.1, 0.15) is 0 Å². The standard InChI is InChI=1S/C14H17N3O2/c1-16-8-12(9-4-5-17(7-9)14(18)19)11-6-10(15)2-3-13(11)16/h2-3,6,8-9H,4-5,7,15H2,1H3,(H,18,19). The molecule has 0 saturated carbocycles. The van der Waals surface area contributed by atoms with Crippen molar-refractivity contribution in [2.24, 2.45) is 7.05 Å². The maximum absolute atomic E-state index is 11.0. The molecule has 0 bridgehead atoms. The highest BCUT2D eigenvalue weighted by atomic mass is 16.4. The number of carbonyl (C=O) groups is 1. The minimum Gasteiger partial charge on any atom is -0.465 e. The number of likely N-dealkylation sites (tertiary alicyclic amines) is 1. The first-order valence-corrected chi connectivity index (χ1v) is 6.38. The van der Waals surface area contributed by atoms with E-state index in [0.29, 0.717) is 13.1 Å². The van der Waals surface area contributed by atoms with Crippen LogP contribution in [0.5, 0.6) is 0 Å². The molecule has 1 aliphatic heterocycles. The highest BCUT2D eigenvalue weighted by Crippen LogP contribution is 2.34. The summed E-state index contributed by atoms with van der Waals surface area (Å²) in [5, 5.41) is 10.2. The first-order chi connectivity index (χ1) is 9.06. The molecule has 5 nitrogen and oxygen atoms in total. The normalized spacial score (nSPS) is 19.2. The number of rotatable bonds is 1. The summed E-state index contributed by atoms with van der Waals surface area (Å²) in [6.45, 7) is 1.18. The zero-order valence-electron chi connectivity index (χ0n) is 10.8. The van der Waals surface area contributed by atoms with Crippen LogP contribution < -0.4 is 5.73 Å². The summed E-state index contributed by atoms with van der Waals surface area (Å²) in [5.74, 6) is 0.265. The van der Waals surface area contributed by atoms with E-state index in [9.17, 15) is 4.79 Å². The molecule has 0 spiro atoms. The van der Waals surface area contributed by atoms with Crippen LogP contribution >= 0.6 is 0 Å². The summed E-state index contributed by atoms with van der Waals surface area (Å²) in [6.07, 6.45) is 2.14. The average molecular weight is 259 g/mol. The topological polar surface area (TPSA) is 71.5 Å². The van der Waals surface area contributed by atoms with Gasteiger partial charge in [0.25, 0.3) is 0 Å². The second-order valence-electron chi connectivity index (χ2n) is 5.19. The van der Waals surface area contributed by atoms with E-state index in [1.807, 2.05) is 25.2 Å². The largest absolute Gasteiger partial charge is 0.465 e. The number of hydrogen-bond acceptors (Lipinski definition) is 2. The molecule has 0 radical (unpaired) electrons. The van der Waals surface area contributed by atoms with Crippen LogP contribution in [0.15, 0.2) is 24.4 Å². The number of fused-ring (bicyclic) bond motifs is 1. The molecule has 1 aliphatic rings. The van der Waals surface area contributed by atoms with Crippen LogP contribution in [0, 0.1) is 0 Å². The molecule has 3 rings (SSSR count). The molecule has 1 saturated heterocycles. The van der Waals surface area contributed by atoms with Crippen molar-refractivity contribution in [1.29, 1.82) is 0 Å². The van der Waals surface area contributed by atoms with E-state index in [1.54, 1.807) is 0 Å². The number of amides is 1. The number of nitrogens with two attached hydrogens (primary N) is 1. The van der Waals surface area contributed by atoms with Gasteiger partial charge in [-0.1, -0.05) is 0 Å². The van der Waals surface area contributed by atoms with E-state index in [-0.39, 0.29) is 5.92 Å². The van der Waals surface area contributed by atoms with Gasteiger partial charge in [0.15, 0.2) is 0 Å². The highest BCUT2D eigenvalue weighted by molar-refractivity contribution is 5.87. The Morgan fingerprint density at radius 1 is 1.47 bits per heavy atom. The van der Waals surface area contributed by atoms with Crippen molar-refractivity contribution in [1.82, 2.24) is 9.47 Å². The van der Waals surface area contributed by atoms with E-state index in [4.69, 9.17) is 10.8 Å². The number of aromatic nitrogens is 1.